The van der Waals surface area contributed by atoms with Crippen molar-refractivity contribution in [2.45, 2.75) is 45.7 Å². The van der Waals surface area contributed by atoms with Crippen LogP contribution in [0.1, 0.15) is 34.1 Å². The van der Waals surface area contributed by atoms with Crippen molar-refractivity contribution in [3.63, 3.8) is 0 Å². The fourth-order valence-corrected chi connectivity index (χ4v) is 1.57. The maximum absolute atomic E-state index is 5.92. The molecule has 1 heterocycles. The lowest BCUT2D eigenvalue weighted by molar-refractivity contribution is 0.534. The summed E-state index contributed by atoms with van der Waals surface area (Å²) in [5.74, 6) is 0.761. The van der Waals surface area contributed by atoms with Gasteiger partial charge in [-0.3, -0.25) is 0 Å². The molecule has 0 radical (unpaired) electrons. The molecule has 80 valence electrons. The van der Waals surface area contributed by atoms with Crippen LogP contribution in [0, 0.1) is 0 Å². The van der Waals surface area contributed by atoms with Crippen LogP contribution in [0.5, 0.6) is 0 Å². The van der Waals surface area contributed by atoms with Gasteiger partial charge in [0.2, 0.25) is 0 Å². The van der Waals surface area contributed by atoms with E-state index in [1.54, 1.807) is 0 Å². The Morgan fingerprint density at radius 2 is 2.29 bits per heavy atom. The fraction of sp³-hybridized carbons (Fsp3) is 0.700. The molecule has 0 amide bonds. The Kier molecular flexibility index (Phi) is 3.43. The van der Waals surface area contributed by atoms with Crippen LogP contribution in [-0.2, 0) is 0 Å². The predicted octanol–water partition coefficient (Wildman–Crippen LogP) is 2.19. The van der Waals surface area contributed by atoms with Gasteiger partial charge in [0.25, 0.3) is 0 Å². The first-order chi connectivity index (χ1) is 6.43. The highest BCUT2D eigenvalue weighted by Gasteiger charge is 2.21. The van der Waals surface area contributed by atoms with Gasteiger partial charge in [-0.15, -0.1) is 0 Å². The molecule has 1 rings (SSSR count). The average Bonchev–Trinajstić information content (AvgIpc) is 1.99. The lowest BCUT2D eigenvalue weighted by atomic mass is 10.1. The molecule has 0 saturated carbocycles. The van der Waals surface area contributed by atoms with Crippen molar-refractivity contribution in [3.05, 3.63) is 11.2 Å². The number of aliphatic imine (C=N–C) groups is 1. The van der Waals surface area contributed by atoms with Gasteiger partial charge in [0.05, 0.1) is 5.54 Å². The molecule has 0 aromatic heterocycles. The summed E-state index contributed by atoms with van der Waals surface area (Å²) in [7, 11) is 0. The first-order valence-electron chi connectivity index (χ1n) is 4.94. The van der Waals surface area contributed by atoms with Gasteiger partial charge in [0.1, 0.15) is 5.16 Å². The summed E-state index contributed by atoms with van der Waals surface area (Å²) < 4.78 is 0. The number of guanidine groups is 1. The number of nitrogens with zero attached hydrogens (tertiary/aromatic N) is 1. The van der Waals surface area contributed by atoms with Crippen molar-refractivity contribution in [2.24, 2.45) is 4.99 Å². The van der Waals surface area contributed by atoms with Crippen LogP contribution in [0.3, 0.4) is 0 Å². The van der Waals surface area contributed by atoms with Gasteiger partial charge in [-0.2, -0.15) is 0 Å². The topological polar surface area (TPSA) is 36.4 Å². The van der Waals surface area contributed by atoms with E-state index in [0.717, 1.165) is 12.4 Å². The summed E-state index contributed by atoms with van der Waals surface area (Å²) in [5.41, 5.74) is -0.130. The van der Waals surface area contributed by atoms with E-state index in [4.69, 9.17) is 11.6 Å². The summed E-state index contributed by atoms with van der Waals surface area (Å²) in [4.78, 5) is 4.19. The highest BCUT2D eigenvalue weighted by molar-refractivity contribution is 6.30. The number of rotatable bonds is 2. The lowest BCUT2D eigenvalue weighted by Gasteiger charge is -2.29. The number of hydrogen-bond acceptors (Lipinski definition) is 3. The van der Waals surface area contributed by atoms with Crippen molar-refractivity contribution in [1.29, 1.82) is 0 Å². The molecule has 3 nitrogen and oxygen atoms in total. The molecule has 1 aliphatic rings. The van der Waals surface area contributed by atoms with Crippen LogP contribution in [0.15, 0.2) is 16.2 Å². The average molecular weight is 216 g/mol. The van der Waals surface area contributed by atoms with Crippen molar-refractivity contribution >= 4 is 17.6 Å². The van der Waals surface area contributed by atoms with E-state index in [-0.39, 0.29) is 5.54 Å². The van der Waals surface area contributed by atoms with Crippen LogP contribution >= 0.6 is 11.6 Å². The normalized spacial score (nSPS) is 21.8. The second-order valence-electron chi connectivity index (χ2n) is 4.23. The molecule has 0 fully saturated rings. The quantitative estimate of drug-likeness (QED) is 0.693. The molecule has 1 atom stereocenters. The molecule has 0 aliphatic carbocycles. The Morgan fingerprint density at radius 3 is 2.79 bits per heavy atom. The van der Waals surface area contributed by atoms with Gasteiger partial charge in [-0.25, -0.2) is 4.99 Å². The number of nitrogens with one attached hydrogen (secondary N) is 2. The maximum Gasteiger partial charge on any atom is 0.198 e. The second-order valence-corrected chi connectivity index (χ2v) is 4.62. The third-order valence-electron chi connectivity index (χ3n) is 2.13. The van der Waals surface area contributed by atoms with E-state index >= 15 is 0 Å². The summed E-state index contributed by atoms with van der Waals surface area (Å²) >= 11 is 5.92. The minimum atomic E-state index is -0.130. The molecular formula is C10H18ClN3. The highest BCUT2D eigenvalue weighted by Crippen LogP contribution is 2.16. The molecule has 0 aromatic carbocycles. The molecule has 2 N–H and O–H groups in total. The largest absolute Gasteiger partial charge is 0.354 e. The molecule has 0 aromatic rings. The summed E-state index contributed by atoms with van der Waals surface area (Å²) in [6.45, 7) is 8.36. The van der Waals surface area contributed by atoms with E-state index < -0.39 is 0 Å². The zero-order chi connectivity index (χ0) is 10.8. The maximum atomic E-state index is 5.92. The molecule has 14 heavy (non-hydrogen) atoms. The van der Waals surface area contributed by atoms with Crippen molar-refractivity contribution in [3.8, 4) is 0 Å². The minimum Gasteiger partial charge on any atom is -0.354 e. The Balaban J connectivity index is 2.68. The third kappa shape index (κ3) is 3.22. The minimum absolute atomic E-state index is 0.130. The Morgan fingerprint density at radius 1 is 1.64 bits per heavy atom. The fourth-order valence-electron chi connectivity index (χ4n) is 1.21. The smallest absolute Gasteiger partial charge is 0.198 e. The number of hydrogen-bond donors (Lipinski definition) is 2. The molecule has 1 unspecified atom stereocenters. The standard InChI is InChI=1S/C10H18ClN3/c1-5-7(2)12-9-13-8(11)6-10(3,4)14-9/h6-7H,5H2,1-4H3,(H2,12,13,14). The van der Waals surface area contributed by atoms with Crippen LogP contribution in [0.4, 0.5) is 0 Å². The SMILES string of the molecule is CCC(C)NC1=NC(Cl)=CC(C)(C)N1. The zero-order valence-electron chi connectivity index (χ0n) is 9.19. The van der Waals surface area contributed by atoms with Crippen LogP contribution < -0.4 is 10.6 Å². The van der Waals surface area contributed by atoms with Gasteiger partial charge in [-0.05, 0) is 33.3 Å². The van der Waals surface area contributed by atoms with E-state index in [9.17, 15) is 0 Å². The van der Waals surface area contributed by atoms with E-state index in [2.05, 4.69) is 43.3 Å². The Labute approximate surface area is 90.6 Å². The summed E-state index contributed by atoms with van der Waals surface area (Å²) in [5, 5.41) is 7.08. The van der Waals surface area contributed by atoms with Crippen LogP contribution in [0.25, 0.3) is 0 Å². The zero-order valence-corrected chi connectivity index (χ0v) is 9.94. The highest BCUT2D eigenvalue weighted by atomic mass is 35.5. The van der Waals surface area contributed by atoms with Gasteiger partial charge < -0.3 is 10.6 Å². The molecule has 0 spiro atoms. The molecule has 0 saturated heterocycles. The van der Waals surface area contributed by atoms with Crippen molar-refractivity contribution < 1.29 is 0 Å². The molecule has 0 bridgehead atoms. The van der Waals surface area contributed by atoms with Crippen LogP contribution in [0.2, 0.25) is 0 Å². The van der Waals surface area contributed by atoms with Crippen molar-refractivity contribution in [2.75, 3.05) is 0 Å². The van der Waals surface area contributed by atoms with Crippen LogP contribution in [-0.4, -0.2) is 17.5 Å². The van der Waals surface area contributed by atoms with Gasteiger partial charge >= 0.3 is 0 Å². The Hall–Kier alpha value is -0.700. The Bertz CT molecular complexity index is 269. The predicted molar refractivity (Wildman–Crippen MR) is 61.5 cm³/mol. The lowest BCUT2D eigenvalue weighted by Crippen LogP contribution is -2.52. The van der Waals surface area contributed by atoms with Gasteiger partial charge in [0.15, 0.2) is 5.96 Å². The van der Waals surface area contributed by atoms with Crippen molar-refractivity contribution in [1.82, 2.24) is 10.6 Å². The second kappa shape index (κ2) is 4.22. The molecular weight excluding hydrogens is 198 g/mol. The number of halogens is 1. The summed E-state index contributed by atoms with van der Waals surface area (Å²) in [6, 6.07) is 0.402. The first-order valence-corrected chi connectivity index (χ1v) is 5.32. The first kappa shape index (κ1) is 11.4. The van der Waals surface area contributed by atoms with Gasteiger partial charge in [-0.1, -0.05) is 18.5 Å². The van der Waals surface area contributed by atoms with E-state index in [1.807, 2.05) is 6.08 Å². The molecule has 4 heteroatoms. The monoisotopic (exact) mass is 215 g/mol. The molecule has 1 aliphatic heterocycles. The summed E-state index contributed by atoms with van der Waals surface area (Å²) in [6.07, 6.45) is 2.96. The van der Waals surface area contributed by atoms with E-state index in [0.29, 0.717) is 11.2 Å². The van der Waals surface area contributed by atoms with E-state index in [1.165, 1.54) is 0 Å². The van der Waals surface area contributed by atoms with Gasteiger partial charge in [0, 0.05) is 6.04 Å². The third-order valence-corrected chi connectivity index (χ3v) is 2.33.